The number of nitrogens with zero attached hydrogens (tertiary/aromatic N) is 2. The number of hydrogen-bond acceptors (Lipinski definition) is 5. The Morgan fingerprint density at radius 1 is 1.05 bits per heavy atom. The van der Waals surface area contributed by atoms with Crippen LogP contribution in [-0.2, 0) is 11.3 Å². The number of carbonyl (C=O) groups excluding carboxylic acids is 2. The van der Waals surface area contributed by atoms with Crippen molar-refractivity contribution in [3.63, 3.8) is 0 Å². The zero-order valence-corrected chi connectivity index (χ0v) is 22.0. The van der Waals surface area contributed by atoms with E-state index in [-0.39, 0.29) is 24.3 Å². The first kappa shape index (κ1) is 26.5. The van der Waals surface area contributed by atoms with Crippen LogP contribution in [0.25, 0.3) is 0 Å². The summed E-state index contributed by atoms with van der Waals surface area (Å²) in [6, 6.07) is 18.4. The molecule has 0 unspecified atom stereocenters. The zero-order chi connectivity index (χ0) is 26.2. The Morgan fingerprint density at radius 2 is 1.84 bits per heavy atom. The number of amides is 2. The van der Waals surface area contributed by atoms with Crippen LogP contribution in [0, 0.1) is 6.92 Å². The van der Waals surface area contributed by atoms with Crippen molar-refractivity contribution in [2.24, 2.45) is 0 Å². The Kier molecular flexibility index (Phi) is 9.01. The molecule has 1 aliphatic rings. The van der Waals surface area contributed by atoms with Gasteiger partial charge in [-0.2, -0.15) is 0 Å². The molecule has 0 atom stereocenters. The Bertz CT molecular complexity index is 1240. The minimum absolute atomic E-state index is 0.0371. The standard InChI is InChI=1S/C29H32ClN3O4/c1-3-36-26-10-5-4-7-22(26)18-31-29(35)25-12-11-20(2)32-28(25)21-13-15-33(16-14-21)27(34)19-37-24-9-6-8-23(30)17-24/h4-12,17,21H,3,13-16,18-19H2,1-2H3,(H,31,35). The molecular weight excluding hydrogens is 490 g/mol. The summed E-state index contributed by atoms with van der Waals surface area (Å²) in [5.74, 6) is 1.20. The van der Waals surface area contributed by atoms with Gasteiger partial charge >= 0.3 is 0 Å². The second kappa shape index (κ2) is 12.6. The lowest BCUT2D eigenvalue weighted by molar-refractivity contribution is -0.134. The second-order valence-corrected chi connectivity index (χ2v) is 9.45. The molecule has 1 fully saturated rings. The molecule has 1 N–H and O–H groups in total. The molecule has 7 nitrogen and oxygen atoms in total. The number of likely N-dealkylation sites (tertiary alicyclic amines) is 1. The molecule has 4 rings (SSSR count). The van der Waals surface area contributed by atoms with Crippen LogP contribution in [0.2, 0.25) is 5.02 Å². The van der Waals surface area contributed by atoms with E-state index in [0.29, 0.717) is 42.6 Å². The van der Waals surface area contributed by atoms with Crippen LogP contribution in [-0.4, -0.2) is 48.0 Å². The topological polar surface area (TPSA) is 80.8 Å². The summed E-state index contributed by atoms with van der Waals surface area (Å²) in [6.45, 7) is 5.92. The highest BCUT2D eigenvalue weighted by molar-refractivity contribution is 6.30. The number of para-hydroxylation sites is 1. The number of halogens is 1. The average Bonchev–Trinajstić information content (AvgIpc) is 2.91. The first-order valence-corrected chi connectivity index (χ1v) is 12.9. The third-order valence-corrected chi connectivity index (χ3v) is 6.65. The van der Waals surface area contributed by atoms with Gasteiger partial charge in [-0.25, -0.2) is 0 Å². The van der Waals surface area contributed by atoms with Gasteiger partial charge < -0.3 is 19.7 Å². The van der Waals surface area contributed by atoms with Crippen LogP contribution in [0.5, 0.6) is 11.5 Å². The van der Waals surface area contributed by atoms with E-state index in [4.69, 9.17) is 26.1 Å². The summed E-state index contributed by atoms with van der Waals surface area (Å²) < 4.78 is 11.3. The minimum Gasteiger partial charge on any atom is -0.494 e. The van der Waals surface area contributed by atoms with Gasteiger partial charge in [0, 0.05) is 41.8 Å². The second-order valence-electron chi connectivity index (χ2n) is 9.01. The number of aryl methyl sites for hydroxylation is 1. The summed E-state index contributed by atoms with van der Waals surface area (Å²) in [4.78, 5) is 32.5. The molecule has 2 heterocycles. The first-order chi connectivity index (χ1) is 17.9. The van der Waals surface area contributed by atoms with Gasteiger partial charge in [-0.15, -0.1) is 0 Å². The van der Waals surface area contributed by atoms with E-state index in [2.05, 4.69) is 5.32 Å². The van der Waals surface area contributed by atoms with E-state index in [1.807, 2.05) is 50.2 Å². The van der Waals surface area contributed by atoms with Crippen molar-refractivity contribution in [2.75, 3.05) is 26.3 Å². The predicted molar refractivity (Wildman–Crippen MR) is 143 cm³/mol. The maximum Gasteiger partial charge on any atom is 0.260 e. The van der Waals surface area contributed by atoms with Gasteiger partial charge in [0.2, 0.25) is 0 Å². The smallest absolute Gasteiger partial charge is 0.260 e. The molecular formula is C29H32ClN3O4. The first-order valence-electron chi connectivity index (χ1n) is 12.6. The fraction of sp³-hybridized carbons (Fsp3) is 0.345. The fourth-order valence-corrected chi connectivity index (χ4v) is 4.67. The zero-order valence-electron chi connectivity index (χ0n) is 21.2. The molecule has 0 radical (unpaired) electrons. The molecule has 0 bridgehead atoms. The number of ether oxygens (including phenoxy) is 2. The summed E-state index contributed by atoms with van der Waals surface area (Å²) in [6.07, 6.45) is 1.46. The Balaban J connectivity index is 1.37. The van der Waals surface area contributed by atoms with Crippen LogP contribution in [0.4, 0.5) is 0 Å². The maximum atomic E-state index is 13.2. The highest BCUT2D eigenvalue weighted by atomic mass is 35.5. The molecule has 37 heavy (non-hydrogen) atoms. The number of pyridine rings is 1. The van der Waals surface area contributed by atoms with Crippen LogP contribution in [0.3, 0.4) is 0 Å². The van der Waals surface area contributed by atoms with Crippen LogP contribution in [0.1, 0.15) is 53.0 Å². The quantitative estimate of drug-likeness (QED) is 0.421. The van der Waals surface area contributed by atoms with Crippen molar-refractivity contribution in [2.45, 2.75) is 39.2 Å². The largest absolute Gasteiger partial charge is 0.494 e. The number of carbonyl (C=O) groups is 2. The Morgan fingerprint density at radius 3 is 2.59 bits per heavy atom. The van der Waals surface area contributed by atoms with E-state index >= 15 is 0 Å². The Hall–Kier alpha value is -3.58. The van der Waals surface area contributed by atoms with Gasteiger partial charge in [0.1, 0.15) is 11.5 Å². The van der Waals surface area contributed by atoms with Crippen molar-refractivity contribution < 1.29 is 19.1 Å². The minimum atomic E-state index is -0.165. The van der Waals surface area contributed by atoms with Crippen LogP contribution >= 0.6 is 11.6 Å². The van der Waals surface area contributed by atoms with Gasteiger partial charge in [-0.1, -0.05) is 35.9 Å². The Labute approximate surface area is 222 Å². The van der Waals surface area contributed by atoms with Gasteiger partial charge in [0.05, 0.1) is 17.9 Å². The molecule has 1 aliphatic heterocycles. The molecule has 0 spiro atoms. The number of hydrogen-bond donors (Lipinski definition) is 1. The average molecular weight is 522 g/mol. The number of nitrogens with one attached hydrogen (secondary N) is 1. The van der Waals surface area contributed by atoms with Crippen molar-refractivity contribution in [3.05, 3.63) is 88.2 Å². The van der Waals surface area contributed by atoms with Gasteiger partial charge in [0.25, 0.3) is 11.8 Å². The molecule has 1 aromatic heterocycles. The van der Waals surface area contributed by atoms with E-state index in [1.165, 1.54) is 0 Å². The molecule has 3 aromatic rings. The molecule has 1 saturated heterocycles. The van der Waals surface area contributed by atoms with E-state index in [9.17, 15) is 9.59 Å². The maximum absolute atomic E-state index is 13.2. The fourth-order valence-electron chi connectivity index (χ4n) is 4.49. The molecule has 2 amide bonds. The third kappa shape index (κ3) is 7.01. The number of benzene rings is 2. The summed E-state index contributed by atoms with van der Waals surface area (Å²) in [7, 11) is 0. The van der Waals surface area contributed by atoms with E-state index < -0.39 is 0 Å². The molecule has 194 valence electrons. The SMILES string of the molecule is CCOc1ccccc1CNC(=O)c1ccc(C)nc1C1CCN(C(=O)COc2cccc(Cl)c2)CC1. The third-order valence-electron chi connectivity index (χ3n) is 6.41. The summed E-state index contributed by atoms with van der Waals surface area (Å²) >= 11 is 5.98. The van der Waals surface area contributed by atoms with E-state index in [0.717, 1.165) is 35.5 Å². The van der Waals surface area contributed by atoms with Crippen molar-refractivity contribution in [3.8, 4) is 11.5 Å². The molecule has 0 aliphatic carbocycles. The highest BCUT2D eigenvalue weighted by Crippen LogP contribution is 2.30. The van der Waals surface area contributed by atoms with Crippen molar-refractivity contribution >= 4 is 23.4 Å². The molecule has 0 saturated carbocycles. The molecule has 2 aromatic carbocycles. The van der Waals surface area contributed by atoms with Gasteiger partial charge in [-0.3, -0.25) is 14.6 Å². The van der Waals surface area contributed by atoms with Gasteiger partial charge in [0.15, 0.2) is 6.61 Å². The van der Waals surface area contributed by atoms with E-state index in [1.54, 1.807) is 29.2 Å². The van der Waals surface area contributed by atoms with Crippen LogP contribution in [0.15, 0.2) is 60.7 Å². The molecule has 8 heteroatoms. The number of rotatable bonds is 9. The highest BCUT2D eigenvalue weighted by Gasteiger charge is 2.28. The number of piperidine rings is 1. The van der Waals surface area contributed by atoms with Gasteiger partial charge in [-0.05, 0) is 63.1 Å². The van der Waals surface area contributed by atoms with Crippen LogP contribution < -0.4 is 14.8 Å². The summed E-state index contributed by atoms with van der Waals surface area (Å²) in [5, 5.41) is 3.59. The lowest BCUT2D eigenvalue weighted by Crippen LogP contribution is -2.41. The number of aromatic nitrogens is 1. The van der Waals surface area contributed by atoms with Crippen molar-refractivity contribution in [1.29, 1.82) is 0 Å². The lowest BCUT2D eigenvalue weighted by atomic mass is 9.89. The normalized spacial score (nSPS) is 13.8. The van der Waals surface area contributed by atoms with Crippen molar-refractivity contribution in [1.82, 2.24) is 15.2 Å². The predicted octanol–water partition coefficient (Wildman–Crippen LogP) is 5.16. The monoisotopic (exact) mass is 521 g/mol. The summed E-state index contributed by atoms with van der Waals surface area (Å²) in [5.41, 5.74) is 3.15. The lowest BCUT2D eigenvalue weighted by Gasteiger charge is -2.32.